The highest BCUT2D eigenvalue weighted by molar-refractivity contribution is 6.05. The molecule has 1 aliphatic rings. The van der Waals surface area contributed by atoms with E-state index in [1.807, 2.05) is 39.0 Å². The molecule has 2 rings (SSSR count). The first-order valence-electron chi connectivity index (χ1n) is 5.39. The van der Waals surface area contributed by atoms with Crippen LogP contribution in [0.4, 0.5) is 11.4 Å². The van der Waals surface area contributed by atoms with Gasteiger partial charge in [-0.05, 0) is 38.5 Å². The number of carbonyl (C=O) groups is 1. The topological polar surface area (TPSA) is 67.1 Å². The Labute approximate surface area is 95.2 Å². The number of fused-ring (bicyclic) bond motifs is 1. The van der Waals surface area contributed by atoms with Crippen molar-refractivity contribution in [2.45, 2.75) is 32.4 Å². The molecule has 0 bridgehead atoms. The molecule has 4 heteroatoms. The number of nitrogens with one attached hydrogen (secondary N) is 2. The molecule has 0 fully saturated rings. The zero-order chi connectivity index (χ0) is 11.9. The van der Waals surface area contributed by atoms with E-state index in [2.05, 4.69) is 10.6 Å². The molecule has 0 saturated heterocycles. The van der Waals surface area contributed by atoms with E-state index in [0.29, 0.717) is 0 Å². The van der Waals surface area contributed by atoms with Gasteiger partial charge in [0, 0.05) is 6.04 Å². The molecular weight excluding hydrogens is 202 g/mol. The van der Waals surface area contributed by atoms with E-state index in [-0.39, 0.29) is 11.9 Å². The summed E-state index contributed by atoms with van der Waals surface area (Å²) in [5, 5.41) is 6.09. The first-order chi connectivity index (χ1) is 7.40. The summed E-state index contributed by atoms with van der Waals surface area (Å²) in [6.07, 6.45) is 0. The molecule has 16 heavy (non-hydrogen) atoms. The van der Waals surface area contributed by atoms with Gasteiger partial charge in [-0.3, -0.25) is 4.79 Å². The van der Waals surface area contributed by atoms with E-state index in [9.17, 15) is 4.79 Å². The zero-order valence-corrected chi connectivity index (χ0v) is 9.79. The van der Waals surface area contributed by atoms with E-state index >= 15 is 0 Å². The van der Waals surface area contributed by atoms with Crippen LogP contribution in [0.1, 0.15) is 32.4 Å². The van der Waals surface area contributed by atoms with Crippen molar-refractivity contribution in [3.63, 3.8) is 0 Å². The van der Waals surface area contributed by atoms with Crippen LogP contribution in [-0.2, 0) is 4.79 Å². The highest BCUT2D eigenvalue weighted by atomic mass is 16.2. The Hall–Kier alpha value is -1.55. The molecule has 4 N–H and O–H groups in total. The highest BCUT2D eigenvalue weighted by Gasteiger charge is 2.32. The van der Waals surface area contributed by atoms with Gasteiger partial charge in [-0.15, -0.1) is 0 Å². The monoisotopic (exact) mass is 219 g/mol. The fourth-order valence-corrected chi connectivity index (χ4v) is 1.73. The Kier molecular flexibility index (Phi) is 2.39. The molecule has 0 aromatic heterocycles. The van der Waals surface area contributed by atoms with Gasteiger partial charge in [-0.1, -0.05) is 6.07 Å². The lowest BCUT2D eigenvalue weighted by molar-refractivity contribution is -0.119. The van der Waals surface area contributed by atoms with Crippen molar-refractivity contribution in [2.24, 2.45) is 5.73 Å². The molecule has 1 aromatic carbocycles. The van der Waals surface area contributed by atoms with Crippen LogP contribution < -0.4 is 16.4 Å². The predicted octanol–water partition coefficient (Wildman–Crippen LogP) is 1.85. The summed E-state index contributed by atoms with van der Waals surface area (Å²) in [5.41, 5.74) is 8.04. The van der Waals surface area contributed by atoms with Gasteiger partial charge in [-0.25, -0.2) is 0 Å². The van der Waals surface area contributed by atoms with Crippen molar-refractivity contribution >= 4 is 17.3 Å². The Bertz CT molecular complexity index is 438. The first kappa shape index (κ1) is 11.0. The molecule has 0 spiro atoms. The Morgan fingerprint density at radius 2 is 2.00 bits per heavy atom. The van der Waals surface area contributed by atoms with E-state index in [1.54, 1.807) is 0 Å². The summed E-state index contributed by atoms with van der Waals surface area (Å²) in [6.45, 7) is 5.64. The predicted molar refractivity (Wildman–Crippen MR) is 65.4 cm³/mol. The molecule has 1 heterocycles. The van der Waals surface area contributed by atoms with Crippen molar-refractivity contribution < 1.29 is 4.79 Å². The van der Waals surface area contributed by atoms with Crippen molar-refractivity contribution in [1.29, 1.82) is 0 Å². The minimum absolute atomic E-state index is 0.00663. The average molecular weight is 219 g/mol. The second-order valence-corrected chi connectivity index (χ2v) is 4.80. The van der Waals surface area contributed by atoms with Crippen LogP contribution in [0.2, 0.25) is 0 Å². The Morgan fingerprint density at radius 1 is 1.31 bits per heavy atom. The molecule has 1 aromatic rings. The maximum absolute atomic E-state index is 11.7. The number of benzene rings is 1. The average Bonchev–Trinajstić information content (AvgIpc) is 2.18. The fourth-order valence-electron chi connectivity index (χ4n) is 1.73. The quantitative estimate of drug-likeness (QED) is 0.675. The third-order valence-electron chi connectivity index (χ3n) is 2.83. The van der Waals surface area contributed by atoms with Crippen LogP contribution in [0.3, 0.4) is 0 Å². The first-order valence-corrected chi connectivity index (χ1v) is 5.39. The zero-order valence-electron chi connectivity index (χ0n) is 9.79. The number of hydrogen-bond donors (Lipinski definition) is 3. The van der Waals surface area contributed by atoms with Crippen molar-refractivity contribution in [1.82, 2.24) is 0 Å². The molecule has 1 atom stereocenters. The van der Waals surface area contributed by atoms with Crippen molar-refractivity contribution in [3.05, 3.63) is 23.8 Å². The molecule has 4 nitrogen and oxygen atoms in total. The van der Waals surface area contributed by atoms with Gasteiger partial charge in [0.25, 0.3) is 0 Å². The summed E-state index contributed by atoms with van der Waals surface area (Å²) >= 11 is 0. The molecule has 1 unspecified atom stereocenters. The van der Waals surface area contributed by atoms with Gasteiger partial charge in [0.15, 0.2) is 0 Å². The normalized spacial score (nSPS) is 19.4. The molecular formula is C12H17N3O. The van der Waals surface area contributed by atoms with Crippen LogP contribution in [0.5, 0.6) is 0 Å². The number of hydrogen-bond acceptors (Lipinski definition) is 3. The van der Waals surface area contributed by atoms with Crippen LogP contribution in [0, 0.1) is 0 Å². The number of nitrogens with two attached hydrogens (primary N) is 1. The van der Waals surface area contributed by atoms with Crippen molar-refractivity contribution in [2.75, 3.05) is 10.6 Å². The van der Waals surface area contributed by atoms with Crippen molar-refractivity contribution in [3.8, 4) is 0 Å². The van der Waals surface area contributed by atoms with Crippen LogP contribution in [0.25, 0.3) is 0 Å². The fraction of sp³-hybridized carbons (Fsp3) is 0.417. The van der Waals surface area contributed by atoms with Gasteiger partial charge >= 0.3 is 0 Å². The van der Waals surface area contributed by atoms with Crippen LogP contribution >= 0.6 is 0 Å². The van der Waals surface area contributed by atoms with Gasteiger partial charge in [-0.2, -0.15) is 0 Å². The van der Waals surface area contributed by atoms with Gasteiger partial charge in [0.05, 0.1) is 11.4 Å². The Morgan fingerprint density at radius 3 is 2.62 bits per heavy atom. The smallest absolute Gasteiger partial charge is 0.249 e. The lowest BCUT2D eigenvalue weighted by atomic mass is 9.98. The van der Waals surface area contributed by atoms with Crippen LogP contribution in [-0.4, -0.2) is 11.4 Å². The van der Waals surface area contributed by atoms with Gasteiger partial charge < -0.3 is 16.4 Å². The van der Waals surface area contributed by atoms with E-state index in [1.165, 1.54) is 0 Å². The van der Waals surface area contributed by atoms with Crippen LogP contribution in [0.15, 0.2) is 18.2 Å². The molecule has 86 valence electrons. The third-order valence-corrected chi connectivity index (χ3v) is 2.83. The maximum Gasteiger partial charge on any atom is 0.249 e. The molecule has 0 radical (unpaired) electrons. The Balaban J connectivity index is 2.42. The number of amides is 1. The molecule has 0 aliphatic carbocycles. The number of rotatable bonds is 1. The second-order valence-electron chi connectivity index (χ2n) is 4.80. The summed E-state index contributed by atoms with van der Waals surface area (Å²) < 4.78 is 0. The summed E-state index contributed by atoms with van der Waals surface area (Å²) in [7, 11) is 0. The maximum atomic E-state index is 11.7. The minimum atomic E-state index is -0.580. The number of carbonyl (C=O) groups excluding carboxylic acids is 1. The lowest BCUT2D eigenvalue weighted by Crippen LogP contribution is -2.47. The molecule has 0 saturated carbocycles. The van der Waals surface area contributed by atoms with Gasteiger partial charge in [0.2, 0.25) is 5.91 Å². The molecule has 1 aliphatic heterocycles. The van der Waals surface area contributed by atoms with E-state index in [0.717, 1.165) is 16.9 Å². The summed E-state index contributed by atoms with van der Waals surface area (Å²) in [6, 6.07) is 5.80. The van der Waals surface area contributed by atoms with Gasteiger partial charge in [0.1, 0.15) is 5.54 Å². The lowest BCUT2D eigenvalue weighted by Gasteiger charge is -2.33. The third kappa shape index (κ3) is 1.76. The highest BCUT2D eigenvalue weighted by Crippen LogP contribution is 2.32. The minimum Gasteiger partial charge on any atom is -0.370 e. The van der Waals surface area contributed by atoms with E-state index < -0.39 is 5.54 Å². The largest absolute Gasteiger partial charge is 0.370 e. The van der Waals surface area contributed by atoms with E-state index in [4.69, 9.17) is 5.73 Å². The SMILES string of the molecule is CC(N)c1ccc2c(c1)NC(C)(C)C(=O)N2. The second kappa shape index (κ2) is 3.49. The summed E-state index contributed by atoms with van der Waals surface area (Å²) in [5.74, 6) is -0.0199. The number of anilines is 2. The summed E-state index contributed by atoms with van der Waals surface area (Å²) in [4.78, 5) is 11.7. The molecule has 1 amide bonds. The standard InChI is InChI=1S/C12H17N3O/c1-7(13)8-4-5-9-10(6-8)15-12(2,3)11(16)14-9/h4-7,15H,13H2,1-3H3,(H,14,16).